The van der Waals surface area contributed by atoms with Gasteiger partial charge in [0.15, 0.2) is 0 Å². The summed E-state index contributed by atoms with van der Waals surface area (Å²) in [5.74, 6) is -0.805. The fraction of sp³-hybridized carbons (Fsp3) is 0.375. The number of amides is 1. The number of carboxylic acids is 1. The summed E-state index contributed by atoms with van der Waals surface area (Å²) in [6.45, 7) is 1.93. The molecule has 0 atom stereocenters. The minimum absolute atomic E-state index is 0.0622. The van der Waals surface area contributed by atoms with E-state index < -0.39 is 5.97 Å². The van der Waals surface area contributed by atoms with Crippen LogP contribution in [-0.4, -0.2) is 21.6 Å². The van der Waals surface area contributed by atoms with Gasteiger partial charge in [-0.3, -0.25) is 9.59 Å². The summed E-state index contributed by atoms with van der Waals surface area (Å²) in [7, 11) is 0. The molecule has 1 fully saturated rings. The molecular weight excluding hydrogens is 268 g/mol. The number of nitrogens with zero attached hydrogens (tertiary/aromatic N) is 1. The Morgan fingerprint density at radius 3 is 2.71 bits per heavy atom. The number of carbonyl (C=O) groups is 2. The van der Waals surface area contributed by atoms with Crippen molar-refractivity contribution in [3.8, 4) is 0 Å². The number of carboxylic acid groups (broad SMARTS) is 1. The van der Waals surface area contributed by atoms with Gasteiger partial charge in [-0.1, -0.05) is 13.3 Å². The molecule has 2 aromatic rings. The maximum absolute atomic E-state index is 12.2. The van der Waals surface area contributed by atoms with Crippen LogP contribution in [0.4, 0.5) is 5.69 Å². The van der Waals surface area contributed by atoms with E-state index in [9.17, 15) is 9.59 Å². The molecule has 3 rings (SSSR count). The zero-order valence-electron chi connectivity index (χ0n) is 11.9. The first kappa shape index (κ1) is 13.7. The van der Waals surface area contributed by atoms with E-state index in [-0.39, 0.29) is 17.9 Å². The molecule has 1 saturated carbocycles. The van der Waals surface area contributed by atoms with Gasteiger partial charge in [0.2, 0.25) is 5.91 Å². The van der Waals surface area contributed by atoms with E-state index in [0.29, 0.717) is 0 Å². The van der Waals surface area contributed by atoms with Gasteiger partial charge in [-0.25, -0.2) is 0 Å². The van der Waals surface area contributed by atoms with Crippen LogP contribution in [0.5, 0.6) is 0 Å². The Morgan fingerprint density at radius 2 is 2.10 bits per heavy atom. The number of benzene rings is 1. The first-order valence-corrected chi connectivity index (χ1v) is 7.10. The zero-order valence-corrected chi connectivity index (χ0v) is 11.9. The van der Waals surface area contributed by atoms with Gasteiger partial charge in [-0.15, -0.1) is 0 Å². The quantitative estimate of drug-likeness (QED) is 0.907. The molecule has 1 aliphatic carbocycles. The van der Waals surface area contributed by atoms with Gasteiger partial charge in [0, 0.05) is 28.2 Å². The van der Waals surface area contributed by atoms with Gasteiger partial charge < -0.3 is 15.0 Å². The van der Waals surface area contributed by atoms with Crippen LogP contribution in [0, 0.1) is 5.41 Å². The standard InChI is InChI=1S/C16H18N2O3/c1-16(6-2-7-16)15(21)17-12-3-4-13-11(9-12)5-8-18(13)10-14(19)20/h3-5,8-9H,2,6-7,10H2,1H3,(H,17,21)(H,19,20). The summed E-state index contributed by atoms with van der Waals surface area (Å²) < 4.78 is 1.68. The summed E-state index contributed by atoms with van der Waals surface area (Å²) in [5, 5.41) is 12.7. The minimum atomic E-state index is -0.872. The van der Waals surface area contributed by atoms with Crippen molar-refractivity contribution in [1.29, 1.82) is 0 Å². The van der Waals surface area contributed by atoms with Crippen molar-refractivity contribution in [2.24, 2.45) is 5.41 Å². The predicted octanol–water partition coefficient (Wildman–Crippen LogP) is 2.85. The third-order valence-corrected chi connectivity index (χ3v) is 4.34. The van der Waals surface area contributed by atoms with Gasteiger partial charge in [0.25, 0.3) is 0 Å². The second kappa shape index (κ2) is 4.91. The molecule has 0 saturated heterocycles. The van der Waals surface area contributed by atoms with Crippen LogP contribution in [0.15, 0.2) is 30.5 Å². The first-order valence-electron chi connectivity index (χ1n) is 7.10. The molecule has 1 aromatic carbocycles. The SMILES string of the molecule is CC1(C(=O)Nc2ccc3c(ccn3CC(=O)O)c2)CCC1. The van der Waals surface area contributed by atoms with Crippen LogP contribution in [0.3, 0.4) is 0 Å². The molecule has 1 heterocycles. The number of aliphatic carboxylic acids is 1. The Balaban J connectivity index is 1.81. The maximum atomic E-state index is 12.2. The average Bonchev–Trinajstić information content (AvgIpc) is 2.77. The van der Waals surface area contributed by atoms with Crippen molar-refractivity contribution < 1.29 is 14.7 Å². The van der Waals surface area contributed by atoms with E-state index in [1.54, 1.807) is 10.8 Å². The van der Waals surface area contributed by atoms with Gasteiger partial charge >= 0.3 is 5.97 Å². The first-order chi connectivity index (χ1) is 9.98. The lowest BCUT2D eigenvalue weighted by molar-refractivity contribution is -0.137. The molecule has 1 amide bonds. The summed E-state index contributed by atoms with van der Waals surface area (Å²) in [5.41, 5.74) is 1.38. The summed E-state index contributed by atoms with van der Waals surface area (Å²) >= 11 is 0. The predicted molar refractivity (Wildman–Crippen MR) is 80.2 cm³/mol. The van der Waals surface area contributed by atoms with Crippen molar-refractivity contribution in [3.05, 3.63) is 30.5 Å². The highest BCUT2D eigenvalue weighted by atomic mass is 16.4. The maximum Gasteiger partial charge on any atom is 0.323 e. The second-order valence-electron chi connectivity index (χ2n) is 5.98. The van der Waals surface area contributed by atoms with E-state index in [1.807, 2.05) is 31.2 Å². The van der Waals surface area contributed by atoms with Crippen LogP contribution in [0.2, 0.25) is 0 Å². The Bertz CT molecular complexity index is 713. The molecule has 110 valence electrons. The van der Waals surface area contributed by atoms with Crippen LogP contribution >= 0.6 is 0 Å². The van der Waals surface area contributed by atoms with E-state index in [1.165, 1.54) is 0 Å². The monoisotopic (exact) mass is 286 g/mol. The smallest absolute Gasteiger partial charge is 0.323 e. The average molecular weight is 286 g/mol. The summed E-state index contributed by atoms with van der Waals surface area (Å²) in [6.07, 6.45) is 4.74. The zero-order chi connectivity index (χ0) is 15.0. The van der Waals surface area contributed by atoms with Gasteiger partial charge in [0.1, 0.15) is 6.54 Å². The van der Waals surface area contributed by atoms with Crippen molar-refractivity contribution in [2.75, 3.05) is 5.32 Å². The summed E-state index contributed by atoms with van der Waals surface area (Å²) in [6, 6.07) is 7.41. The highest BCUT2D eigenvalue weighted by molar-refractivity contribution is 5.97. The van der Waals surface area contributed by atoms with Crippen LogP contribution in [0.25, 0.3) is 10.9 Å². The molecule has 1 aromatic heterocycles. The fourth-order valence-electron chi connectivity index (χ4n) is 2.78. The van der Waals surface area contributed by atoms with Crippen molar-refractivity contribution >= 4 is 28.5 Å². The Kier molecular flexibility index (Phi) is 3.20. The lowest BCUT2D eigenvalue weighted by Crippen LogP contribution is -2.39. The number of fused-ring (bicyclic) bond motifs is 1. The second-order valence-corrected chi connectivity index (χ2v) is 5.98. The fourth-order valence-corrected chi connectivity index (χ4v) is 2.78. The largest absolute Gasteiger partial charge is 0.480 e. The van der Waals surface area contributed by atoms with E-state index in [0.717, 1.165) is 35.9 Å². The molecule has 1 aliphatic rings. The van der Waals surface area contributed by atoms with Crippen molar-refractivity contribution in [2.45, 2.75) is 32.7 Å². The number of rotatable bonds is 4. The van der Waals surface area contributed by atoms with Crippen molar-refractivity contribution in [1.82, 2.24) is 4.57 Å². The highest BCUT2D eigenvalue weighted by Gasteiger charge is 2.39. The Labute approximate surface area is 122 Å². The third kappa shape index (κ3) is 2.51. The molecule has 5 heteroatoms. The number of anilines is 1. The minimum Gasteiger partial charge on any atom is -0.480 e. The lowest BCUT2D eigenvalue weighted by Gasteiger charge is -2.36. The third-order valence-electron chi connectivity index (χ3n) is 4.34. The number of hydrogen-bond acceptors (Lipinski definition) is 2. The summed E-state index contributed by atoms with van der Waals surface area (Å²) in [4.78, 5) is 23.0. The molecule has 0 unspecified atom stereocenters. The number of hydrogen-bond donors (Lipinski definition) is 2. The van der Waals surface area contributed by atoms with E-state index >= 15 is 0 Å². The van der Waals surface area contributed by atoms with Crippen LogP contribution in [0.1, 0.15) is 26.2 Å². The normalized spacial score (nSPS) is 16.4. The molecule has 0 aliphatic heterocycles. The number of nitrogens with one attached hydrogen (secondary N) is 1. The van der Waals surface area contributed by atoms with Gasteiger partial charge in [-0.05, 0) is 37.1 Å². The lowest BCUT2D eigenvalue weighted by atomic mass is 9.70. The molecule has 0 radical (unpaired) electrons. The number of aromatic nitrogens is 1. The van der Waals surface area contributed by atoms with Crippen LogP contribution in [-0.2, 0) is 16.1 Å². The molecule has 5 nitrogen and oxygen atoms in total. The van der Waals surface area contributed by atoms with Crippen LogP contribution < -0.4 is 5.32 Å². The molecule has 21 heavy (non-hydrogen) atoms. The number of carbonyl (C=O) groups excluding carboxylic acids is 1. The Morgan fingerprint density at radius 1 is 1.33 bits per heavy atom. The van der Waals surface area contributed by atoms with E-state index in [2.05, 4.69) is 5.32 Å². The molecule has 2 N–H and O–H groups in total. The van der Waals surface area contributed by atoms with Gasteiger partial charge in [0.05, 0.1) is 0 Å². The topological polar surface area (TPSA) is 71.3 Å². The Hall–Kier alpha value is -2.30. The van der Waals surface area contributed by atoms with Gasteiger partial charge in [-0.2, -0.15) is 0 Å². The van der Waals surface area contributed by atoms with E-state index in [4.69, 9.17) is 5.11 Å². The molecule has 0 spiro atoms. The molecular formula is C16H18N2O3. The highest BCUT2D eigenvalue weighted by Crippen LogP contribution is 2.41. The molecule has 0 bridgehead atoms. The van der Waals surface area contributed by atoms with Crippen molar-refractivity contribution in [3.63, 3.8) is 0 Å².